The van der Waals surface area contributed by atoms with Crippen molar-refractivity contribution in [3.63, 3.8) is 0 Å². The molecule has 1 aliphatic carbocycles. The average Bonchev–Trinajstić information content (AvgIpc) is 2.29. The maximum absolute atomic E-state index is 13.4. The molecular formula is C13H20F4. The van der Waals surface area contributed by atoms with Crippen LogP contribution in [0.1, 0.15) is 58.3 Å². The predicted molar refractivity (Wildman–Crippen MR) is 60.3 cm³/mol. The molecule has 0 N–H and O–H groups in total. The van der Waals surface area contributed by atoms with E-state index >= 15 is 0 Å². The largest absolute Gasteiger partial charge is 0.442 e. The summed E-state index contributed by atoms with van der Waals surface area (Å²) in [5.41, 5.74) is 0.0269. The number of rotatable bonds is 4. The highest BCUT2D eigenvalue weighted by molar-refractivity contribution is 5.16. The van der Waals surface area contributed by atoms with E-state index in [2.05, 4.69) is 0 Å². The van der Waals surface area contributed by atoms with E-state index in [0.29, 0.717) is 19.3 Å². The molecule has 1 saturated carbocycles. The second-order valence-electron chi connectivity index (χ2n) is 4.78. The van der Waals surface area contributed by atoms with Gasteiger partial charge in [0.15, 0.2) is 0 Å². The van der Waals surface area contributed by atoms with Crippen molar-refractivity contribution in [3.8, 4) is 0 Å². The number of hydrogen-bond acceptors (Lipinski definition) is 0. The zero-order valence-corrected chi connectivity index (χ0v) is 10.2. The number of hydrogen-bond donors (Lipinski definition) is 0. The smallest absolute Gasteiger partial charge is 0.202 e. The fourth-order valence-corrected chi connectivity index (χ4v) is 2.49. The highest BCUT2D eigenvalue weighted by atomic mass is 19.4. The molecule has 0 aromatic carbocycles. The molecule has 0 spiro atoms. The lowest BCUT2D eigenvalue weighted by atomic mass is 9.81. The Hall–Kier alpha value is -0.540. The van der Waals surface area contributed by atoms with E-state index in [-0.39, 0.29) is 17.9 Å². The number of allylic oxidation sites excluding steroid dienone is 2. The molecule has 0 aromatic rings. The number of halogens is 4. The number of unbranched alkanes of at least 4 members (excludes halogenated alkanes) is 1. The first-order valence-corrected chi connectivity index (χ1v) is 6.42. The van der Waals surface area contributed by atoms with Crippen molar-refractivity contribution in [1.82, 2.24) is 0 Å². The van der Waals surface area contributed by atoms with Gasteiger partial charge in [-0.2, -0.15) is 13.2 Å². The molecule has 1 aliphatic rings. The van der Waals surface area contributed by atoms with Gasteiger partial charge in [0, 0.05) is 0 Å². The Morgan fingerprint density at radius 2 is 1.71 bits per heavy atom. The predicted octanol–water partition coefficient (Wildman–Crippen LogP) is 5.54. The highest BCUT2D eigenvalue weighted by Gasteiger charge is 2.38. The SMILES string of the molecule is CCCC/C(=C(/F)C(F)(F)F)C1CCCCC1. The molecule has 0 aliphatic heterocycles. The van der Waals surface area contributed by atoms with Gasteiger partial charge in [0.2, 0.25) is 5.83 Å². The lowest BCUT2D eigenvalue weighted by Crippen LogP contribution is -2.17. The van der Waals surface area contributed by atoms with Crippen molar-refractivity contribution in [2.75, 3.05) is 0 Å². The van der Waals surface area contributed by atoms with E-state index in [9.17, 15) is 17.6 Å². The summed E-state index contributed by atoms with van der Waals surface area (Å²) in [6, 6.07) is 0. The van der Waals surface area contributed by atoms with Crippen LogP contribution in [0, 0.1) is 5.92 Å². The van der Waals surface area contributed by atoms with Crippen LogP contribution in [0.3, 0.4) is 0 Å². The minimum absolute atomic E-state index is 0.0269. The van der Waals surface area contributed by atoms with E-state index in [1.54, 1.807) is 0 Å². The van der Waals surface area contributed by atoms with Crippen LogP contribution < -0.4 is 0 Å². The first kappa shape index (κ1) is 14.5. The maximum Gasteiger partial charge on any atom is 0.442 e. The normalized spacial score (nSPS) is 20.3. The molecule has 0 heterocycles. The maximum atomic E-state index is 13.4. The second-order valence-corrected chi connectivity index (χ2v) is 4.78. The molecule has 1 rings (SSSR count). The van der Waals surface area contributed by atoms with Crippen LogP contribution in [0.25, 0.3) is 0 Å². The summed E-state index contributed by atoms with van der Waals surface area (Å²) in [6.45, 7) is 1.91. The lowest BCUT2D eigenvalue weighted by molar-refractivity contribution is -0.110. The Morgan fingerprint density at radius 3 is 2.18 bits per heavy atom. The summed E-state index contributed by atoms with van der Waals surface area (Å²) in [7, 11) is 0. The van der Waals surface area contributed by atoms with E-state index in [1.165, 1.54) is 0 Å². The molecule has 100 valence electrons. The Balaban J connectivity index is 2.85. The van der Waals surface area contributed by atoms with E-state index in [0.717, 1.165) is 25.7 Å². The molecule has 0 saturated heterocycles. The Morgan fingerprint density at radius 1 is 1.12 bits per heavy atom. The van der Waals surface area contributed by atoms with Gasteiger partial charge in [0.25, 0.3) is 0 Å². The van der Waals surface area contributed by atoms with Crippen LogP contribution in [0.5, 0.6) is 0 Å². The van der Waals surface area contributed by atoms with Gasteiger partial charge in [-0.3, -0.25) is 0 Å². The van der Waals surface area contributed by atoms with Gasteiger partial charge < -0.3 is 0 Å². The van der Waals surface area contributed by atoms with Crippen molar-refractivity contribution in [2.24, 2.45) is 5.92 Å². The molecule has 0 aromatic heterocycles. The summed E-state index contributed by atoms with van der Waals surface area (Å²) in [5, 5.41) is 0. The Labute approximate surface area is 100 Å². The van der Waals surface area contributed by atoms with Crippen LogP contribution in [0.2, 0.25) is 0 Å². The monoisotopic (exact) mass is 252 g/mol. The fraction of sp³-hybridized carbons (Fsp3) is 0.846. The minimum atomic E-state index is -4.81. The average molecular weight is 252 g/mol. The van der Waals surface area contributed by atoms with Gasteiger partial charge in [-0.05, 0) is 37.2 Å². The lowest BCUT2D eigenvalue weighted by Gasteiger charge is -2.25. The molecule has 0 atom stereocenters. The molecule has 0 nitrogen and oxygen atoms in total. The molecule has 1 fully saturated rings. The van der Waals surface area contributed by atoms with Crippen molar-refractivity contribution < 1.29 is 17.6 Å². The molecule has 0 amide bonds. The fourth-order valence-electron chi connectivity index (χ4n) is 2.49. The van der Waals surface area contributed by atoms with Crippen LogP contribution in [-0.4, -0.2) is 6.18 Å². The van der Waals surface area contributed by atoms with E-state index < -0.39 is 12.0 Å². The van der Waals surface area contributed by atoms with Crippen molar-refractivity contribution in [2.45, 2.75) is 64.5 Å². The molecule has 17 heavy (non-hydrogen) atoms. The minimum Gasteiger partial charge on any atom is -0.202 e. The summed E-state index contributed by atoms with van der Waals surface area (Å²) in [6.07, 6.45) is 1.21. The summed E-state index contributed by atoms with van der Waals surface area (Å²) >= 11 is 0. The van der Waals surface area contributed by atoms with Gasteiger partial charge in [0.1, 0.15) is 0 Å². The second kappa shape index (κ2) is 6.41. The molecule has 0 bridgehead atoms. The van der Waals surface area contributed by atoms with Crippen molar-refractivity contribution >= 4 is 0 Å². The first-order valence-electron chi connectivity index (χ1n) is 6.42. The summed E-state index contributed by atoms with van der Waals surface area (Å²) in [4.78, 5) is 0. The Kier molecular flexibility index (Phi) is 5.47. The quantitative estimate of drug-likeness (QED) is 0.576. The third kappa shape index (κ3) is 4.32. The van der Waals surface area contributed by atoms with E-state index in [1.807, 2.05) is 6.92 Å². The third-order valence-corrected chi connectivity index (χ3v) is 3.43. The zero-order valence-electron chi connectivity index (χ0n) is 10.2. The molecule has 0 radical (unpaired) electrons. The van der Waals surface area contributed by atoms with Crippen LogP contribution in [-0.2, 0) is 0 Å². The first-order chi connectivity index (χ1) is 7.96. The van der Waals surface area contributed by atoms with Crippen molar-refractivity contribution in [3.05, 3.63) is 11.4 Å². The third-order valence-electron chi connectivity index (χ3n) is 3.43. The van der Waals surface area contributed by atoms with Gasteiger partial charge in [0.05, 0.1) is 0 Å². The molecular weight excluding hydrogens is 232 g/mol. The summed E-state index contributed by atoms with van der Waals surface area (Å²) in [5.74, 6) is -2.00. The standard InChI is InChI=1S/C13H20F4/c1-2-3-9-11(12(14)13(15,16)17)10-7-5-4-6-8-10/h10H,2-9H2,1H3/b12-11-. The van der Waals surface area contributed by atoms with E-state index in [4.69, 9.17) is 0 Å². The highest BCUT2D eigenvalue weighted by Crippen LogP contribution is 2.39. The van der Waals surface area contributed by atoms with Gasteiger partial charge >= 0.3 is 6.18 Å². The molecule has 4 heteroatoms. The van der Waals surface area contributed by atoms with Crippen LogP contribution >= 0.6 is 0 Å². The Bertz CT molecular complexity index is 259. The van der Waals surface area contributed by atoms with Gasteiger partial charge in [-0.1, -0.05) is 32.6 Å². The molecule has 0 unspecified atom stereocenters. The van der Waals surface area contributed by atoms with Gasteiger partial charge in [-0.15, -0.1) is 0 Å². The van der Waals surface area contributed by atoms with Crippen LogP contribution in [0.4, 0.5) is 17.6 Å². The van der Waals surface area contributed by atoms with Crippen LogP contribution in [0.15, 0.2) is 11.4 Å². The van der Waals surface area contributed by atoms with Crippen molar-refractivity contribution in [1.29, 1.82) is 0 Å². The topological polar surface area (TPSA) is 0 Å². The number of alkyl halides is 3. The van der Waals surface area contributed by atoms with Gasteiger partial charge in [-0.25, -0.2) is 4.39 Å². The zero-order chi connectivity index (χ0) is 12.9. The summed E-state index contributed by atoms with van der Waals surface area (Å²) < 4.78 is 50.8.